The molecule has 0 radical (unpaired) electrons. The number of benzene rings is 2. The average molecular weight is 244 g/mol. The van der Waals surface area contributed by atoms with E-state index in [4.69, 9.17) is 12.6 Å². The summed E-state index contributed by atoms with van der Waals surface area (Å²) in [5, 5.41) is 0.470. The van der Waals surface area contributed by atoms with Crippen LogP contribution in [-0.2, 0) is 5.41 Å². The topological polar surface area (TPSA) is 13.1 Å². The molecule has 1 heterocycles. The minimum absolute atomic E-state index is 0.0417. The molecule has 0 atom stereocenters. The highest BCUT2D eigenvalue weighted by atomic mass is 16.3. The molecule has 0 fully saturated rings. The van der Waals surface area contributed by atoms with E-state index in [9.17, 15) is 0 Å². The first-order valence-electron chi connectivity index (χ1n) is 8.91. The molecule has 3 aromatic rings. The van der Waals surface area contributed by atoms with Gasteiger partial charge < -0.3 is 4.42 Å². The van der Waals surface area contributed by atoms with E-state index in [-0.39, 0.29) is 58.0 Å². The second kappa shape index (κ2) is 3.61. The second-order valence-corrected chi connectivity index (χ2v) is 5.51. The molecular weight excluding hydrogens is 220 g/mol. The van der Waals surface area contributed by atoms with E-state index in [1.807, 2.05) is 20.8 Å². The maximum Gasteiger partial charge on any atom is 0.139 e. The third-order valence-electron chi connectivity index (χ3n) is 3.06. The Morgan fingerprint density at radius 3 is 2.44 bits per heavy atom. The molecule has 0 saturated carbocycles. The predicted molar refractivity (Wildman–Crippen MR) is 77.2 cm³/mol. The lowest BCUT2D eigenvalue weighted by atomic mass is 9.83. The molecule has 0 saturated heterocycles. The van der Waals surface area contributed by atoms with Gasteiger partial charge in [0.15, 0.2) is 0 Å². The molecule has 1 nitrogen and oxygen atoms in total. The first kappa shape index (κ1) is 6.42. The van der Waals surface area contributed by atoms with Crippen molar-refractivity contribution in [2.45, 2.75) is 33.1 Å². The minimum Gasteiger partial charge on any atom is -0.456 e. The van der Waals surface area contributed by atoms with Gasteiger partial charge in [0.1, 0.15) is 11.2 Å². The monoisotopic (exact) mass is 244 g/mol. The van der Waals surface area contributed by atoms with Crippen LogP contribution in [0.1, 0.15) is 40.1 Å². The summed E-state index contributed by atoms with van der Waals surface area (Å²) in [6.45, 7) is 7.68. The van der Waals surface area contributed by atoms with Gasteiger partial charge in [-0.1, -0.05) is 51.0 Å². The maximum absolute atomic E-state index is 8.32. The largest absolute Gasteiger partial charge is 0.456 e. The van der Waals surface area contributed by atoms with Crippen LogP contribution in [0.25, 0.3) is 21.9 Å². The maximum atomic E-state index is 8.32. The number of furan rings is 1. The molecule has 92 valence electrons. The van der Waals surface area contributed by atoms with Crippen LogP contribution in [0.4, 0.5) is 0 Å². The van der Waals surface area contributed by atoms with Crippen LogP contribution in [-0.4, -0.2) is 0 Å². The Labute approximate surface area is 116 Å². The zero-order valence-corrected chi connectivity index (χ0v) is 10.9. The van der Waals surface area contributed by atoms with E-state index in [1.54, 1.807) is 6.92 Å². The standard InChI is InChI=1S/C17H18O/c1-11-9-10-13-12-7-5-6-8-14(12)18-16(13)15(11)17(2,3)4/h5-10H,1-4H3/i5D,6D,7D,8D,9D,10D. The molecule has 0 unspecified atom stereocenters. The van der Waals surface area contributed by atoms with Gasteiger partial charge >= 0.3 is 0 Å². The van der Waals surface area contributed by atoms with Crippen LogP contribution in [0.15, 0.2) is 40.7 Å². The van der Waals surface area contributed by atoms with Gasteiger partial charge in [-0.05, 0) is 23.9 Å². The molecule has 0 N–H and O–H groups in total. The zero-order chi connectivity index (χ0) is 18.1. The molecule has 18 heavy (non-hydrogen) atoms. The summed E-state index contributed by atoms with van der Waals surface area (Å²) >= 11 is 0. The number of hydrogen-bond donors (Lipinski definition) is 0. The molecule has 1 heteroatoms. The lowest BCUT2D eigenvalue weighted by Crippen LogP contribution is -2.13. The van der Waals surface area contributed by atoms with E-state index in [2.05, 4.69) is 0 Å². The first-order valence-corrected chi connectivity index (χ1v) is 5.91. The van der Waals surface area contributed by atoms with Crippen LogP contribution in [0, 0.1) is 6.92 Å². The predicted octanol–water partition coefficient (Wildman–Crippen LogP) is 5.19. The Hall–Kier alpha value is -1.76. The molecule has 1 aromatic heterocycles. The van der Waals surface area contributed by atoms with E-state index < -0.39 is 0 Å². The van der Waals surface area contributed by atoms with Gasteiger partial charge in [0.25, 0.3) is 0 Å². The van der Waals surface area contributed by atoms with Crippen molar-refractivity contribution in [3.63, 3.8) is 0 Å². The lowest BCUT2D eigenvalue weighted by molar-refractivity contribution is 0.569. The van der Waals surface area contributed by atoms with Crippen molar-refractivity contribution in [3.8, 4) is 0 Å². The third-order valence-corrected chi connectivity index (χ3v) is 3.06. The fourth-order valence-electron chi connectivity index (χ4n) is 2.41. The summed E-state index contributed by atoms with van der Waals surface area (Å²) in [6.07, 6.45) is 0. The first-order chi connectivity index (χ1) is 11.0. The van der Waals surface area contributed by atoms with Gasteiger partial charge in [-0.25, -0.2) is 0 Å². The minimum atomic E-state index is -0.363. The second-order valence-electron chi connectivity index (χ2n) is 5.51. The zero-order valence-electron chi connectivity index (χ0n) is 16.9. The van der Waals surface area contributed by atoms with Gasteiger partial charge in [0, 0.05) is 16.3 Å². The van der Waals surface area contributed by atoms with Crippen molar-refractivity contribution in [1.29, 1.82) is 0 Å². The fraction of sp³-hybridized carbons (Fsp3) is 0.294. The summed E-state index contributed by atoms with van der Waals surface area (Å²) in [7, 11) is 0. The van der Waals surface area contributed by atoms with Crippen molar-refractivity contribution >= 4 is 21.9 Å². The molecule has 2 aromatic carbocycles. The highest BCUT2D eigenvalue weighted by molar-refractivity contribution is 6.06. The van der Waals surface area contributed by atoms with Gasteiger partial charge in [0.05, 0.1) is 8.22 Å². The summed E-state index contributed by atoms with van der Waals surface area (Å²) < 4.78 is 54.4. The van der Waals surface area contributed by atoms with Crippen molar-refractivity contribution in [2.75, 3.05) is 0 Å². The van der Waals surface area contributed by atoms with Crippen LogP contribution in [0.5, 0.6) is 0 Å². The highest BCUT2D eigenvalue weighted by Gasteiger charge is 2.22. The highest BCUT2D eigenvalue weighted by Crippen LogP contribution is 2.37. The summed E-state index contributed by atoms with van der Waals surface area (Å²) in [6, 6.07) is -1.23. The number of para-hydroxylation sites is 1. The molecular formula is C17H18O. The molecule has 0 aliphatic heterocycles. The van der Waals surface area contributed by atoms with Gasteiger partial charge in [-0.3, -0.25) is 0 Å². The smallest absolute Gasteiger partial charge is 0.139 e. The summed E-state index contributed by atoms with van der Waals surface area (Å²) in [5.74, 6) is 0. The molecule has 0 spiro atoms. The van der Waals surface area contributed by atoms with Crippen molar-refractivity contribution < 1.29 is 12.6 Å². The van der Waals surface area contributed by atoms with Crippen molar-refractivity contribution in [1.82, 2.24) is 0 Å². The van der Waals surface area contributed by atoms with Crippen LogP contribution >= 0.6 is 0 Å². The SMILES string of the molecule is [2H]c1c([2H])c([2H])c2c(oc3c(C(C)(C)C)c(C)c([2H])c([2H])c32)c1[2H]. The van der Waals surface area contributed by atoms with Crippen LogP contribution in [0.3, 0.4) is 0 Å². The fourth-order valence-corrected chi connectivity index (χ4v) is 2.41. The molecule has 0 aliphatic rings. The van der Waals surface area contributed by atoms with E-state index in [0.717, 1.165) is 5.56 Å². The Morgan fingerprint density at radius 1 is 1.00 bits per heavy atom. The van der Waals surface area contributed by atoms with E-state index in [0.29, 0.717) is 11.1 Å². The summed E-state index contributed by atoms with van der Waals surface area (Å²) in [5.41, 5.74) is 1.45. The Bertz CT molecular complexity index is 1010. The summed E-state index contributed by atoms with van der Waals surface area (Å²) in [4.78, 5) is 0. The molecule has 3 rings (SSSR count). The molecule has 0 aliphatic carbocycles. The Morgan fingerprint density at radius 2 is 1.72 bits per heavy atom. The van der Waals surface area contributed by atoms with Crippen molar-refractivity contribution in [2.24, 2.45) is 0 Å². The van der Waals surface area contributed by atoms with Crippen LogP contribution < -0.4 is 0 Å². The van der Waals surface area contributed by atoms with Crippen molar-refractivity contribution in [3.05, 3.63) is 47.4 Å². The quantitative estimate of drug-likeness (QED) is 0.530. The molecule has 0 bridgehead atoms. The van der Waals surface area contributed by atoms with Crippen LogP contribution in [0.2, 0.25) is 0 Å². The van der Waals surface area contributed by atoms with Gasteiger partial charge in [-0.15, -0.1) is 0 Å². The van der Waals surface area contributed by atoms with E-state index >= 15 is 0 Å². The van der Waals surface area contributed by atoms with Gasteiger partial charge in [-0.2, -0.15) is 0 Å². The normalized spacial score (nSPS) is 17.1. The van der Waals surface area contributed by atoms with Gasteiger partial charge in [0.2, 0.25) is 0 Å². The number of hydrogen-bond acceptors (Lipinski definition) is 1. The number of rotatable bonds is 0. The lowest BCUT2D eigenvalue weighted by Gasteiger charge is -2.21. The molecule has 0 amide bonds. The average Bonchev–Trinajstić information content (AvgIpc) is 2.87. The Kier molecular flexibility index (Phi) is 1.29. The number of fused-ring (bicyclic) bond motifs is 3. The third kappa shape index (κ3) is 1.54. The van der Waals surface area contributed by atoms with E-state index in [1.165, 1.54) is 0 Å². The Balaban J connectivity index is 2.73.